The first-order chi connectivity index (χ1) is 7.58. The number of carbonyl (C=O) groups is 1. The minimum atomic E-state index is -0.598. The molecule has 0 unspecified atom stereocenters. The quantitative estimate of drug-likeness (QED) is 0.777. The number of amides is 1. The van der Waals surface area contributed by atoms with Gasteiger partial charge in [0.2, 0.25) is 5.88 Å². The van der Waals surface area contributed by atoms with Crippen LogP contribution in [0, 0.1) is 0 Å². The number of hydrogen-bond donors (Lipinski definition) is 0. The molecule has 0 spiro atoms. The molecule has 0 radical (unpaired) electrons. The predicted octanol–water partition coefficient (Wildman–Crippen LogP) is 1.24. The van der Waals surface area contributed by atoms with Crippen molar-refractivity contribution in [1.29, 1.82) is 0 Å². The molecule has 1 rings (SSSR count). The SMILES string of the molecule is CCOC(=O)N(C)c1cc(OC)cc(=O)o1. The molecule has 1 amide bonds. The van der Waals surface area contributed by atoms with Gasteiger partial charge < -0.3 is 13.9 Å². The molecule has 1 aromatic rings. The Balaban J connectivity index is 2.99. The Morgan fingerprint density at radius 2 is 2.19 bits per heavy atom. The van der Waals surface area contributed by atoms with Crippen molar-refractivity contribution in [3.05, 3.63) is 22.6 Å². The third-order valence-corrected chi connectivity index (χ3v) is 1.84. The highest BCUT2D eigenvalue weighted by atomic mass is 16.6. The van der Waals surface area contributed by atoms with Gasteiger partial charge in [-0.3, -0.25) is 4.90 Å². The number of nitrogens with zero attached hydrogens (tertiary/aromatic N) is 1. The summed E-state index contributed by atoms with van der Waals surface area (Å²) in [5, 5.41) is 0. The summed E-state index contributed by atoms with van der Waals surface area (Å²) < 4.78 is 14.5. The molecule has 1 aromatic heterocycles. The largest absolute Gasteiger partial charge is 0.496 e. The maximum absolute atomic E-state index is 11.4. The van der Waals surface area contributed by atoms with Gasteiger partial charge in [0.1, 0.15) is 5.75 Å². The lowest BCUT2D eigenvalue weighted by molar-refractivity contribution is 0.160. The summed E-state index contributed by atoms with van der Waals surface area (Å²) in [6.07, 6.45) is -0.598. The van der Waals surface area contributed by atoms with E-state index in [1.165, 1.54) is 26.3 Å². The van der Waals surface area contributed by atoms with Crippen LogP contribution in [0.1, 0.15) is 6.92 Å². The molecular weight excluding hydrogens is 214 g/mol. The normalized spacial score (nSPS) is 9.69. The number of ether oxygens (including phenoxy) is 2. The minimum absolute atomic E-state index is 0.0720. The van der Waals surface area contributed by atoms with Gasteiger partial charge in [-0.25, -0.2) is 9.59 Å². The van der Waals surface area contributed by atoms with Gasteiger partial charge in [0, 0.05) is 13.1 Å². The second-order valence-corrected chi connectivity index (χ2v) is 2.91. The first kappa shape index (κ1) is 12.1. The molecule has 0 N–H and O–H groups in total. The van der Waals surface area contributed by atoms with Crippen molar-refractivity contribution in [3.8, 4) is 5.75 Å². The number of carbonyl (C=O) groups excluding carboxylic acids is 1. The van der Waals surface area contributed by atoms with Gasteiger partial charge in [-0.05, 0) is 6.92 Å². The van der Waals surface area contributed by atoms with Crippen molar-refractivity contribution in [3.63, 3.8) is 0 Å². The number of methoxy groups -OCH3 is 1. The van der Waals surface area contributed by atoms with Crippen molar-refractivity contribution in [1.82, 2.24) is 0 Å². The van der Waals surface area contributed by atoms with Crippen LogP contribution in [-0.4, -0.2) is 26.9 Å². The molecule has 0 bridgehead atoms. The highest BCUT2D eigenvalue weighted by Gasteiger charge is 2.15. The first-order valence-electron chi connectivity index (χ1n) is 4.68. The number of anilines is 1. The fraction of sp³-hybridized carbons (Fsp3) is 0.400. The van der Waals surface area contributed by atoms with E-state index in [2.05, 4.69) is 0 Å². The lowest BCUT2D eigenvalue weighted by atomic mass is 10.4. The predicted molar refractivity (Wildman–Crippen MR) is 57.0 cm³/mol. The zero-order valence-corrected chi connectivity index (χ0v) is 9.35. The fourth-order valence-corrected chi connectivity index (χ4v) is 1.03. The second-order valence-electron chi connectivity index (χ2n) is 2.91. The monoisotopic (exact) mass is 227 g/mol. The van der Waals surface area contributed by atoms with Gasteiger partial charge in [-0.15, -0.1) is 0 Å². The summed E-state index contributed by atoms with van der Waals surface area (Å²) in [4.78, 5) is 23.6. The summed E-state index contributed by atoms with van der Waals surface area (Å²) in [7, 11) is 2.86. The topological polar surface area (TPSA) is 69.0 Å². The highest BCUT2D eigenvalue weighted by molar-refractivity contribution is 5.85. The van der Waals surface area contributed by atoms with Gasteiger partial charge in [0.25, 0.3) is 0 Å². The molecule has 6 nitrogen and oxygen atoms in total. The first-order valence-corrected chi connectivity index (χ1v) is 4.68. The lowest BCUT2D eigenvalue weighted by Gasteiger charge is -2.14. The second kappa shape index (κ2) is 5.20. The minimum Gasteiger partial charge on any atom is -0.496 e. The standard InChI is InChI=1S/C10H13NO5/c1-4-15-10(13)11(2)8-5-7(14-3)6-9(12)16-8/h5-6H,4H2,1-3H3. The van der Waals surface area contributed by atoms with Crippen molar-refractivity contribution in [2.75, 3.05) is 25.7 Å². The number of hydrogen-bond acceptors (Lipinski definition) is 5. The van der Waals surface area contributed by atoms with E-state index < -0.39 is 11.7 Å². The van der Waals surface area contributed by atoms with E-state index in [1.54, 1.807) is 6.92 Å². The van der Waals surface area contributed by atoms with Gasteiger partial charge in [0.15, 0.2) is 0 Å². The zero-order chi connectivity index (χ0) is 12.1. The van der Waals surface area contributed by atoms with Crippen LogP contribution in [0.4, 0.5) is 10.7 Å². The Morgan fingerprint density at radius 1 is 1.50 bits per heavy atom. The molecule has 0 aromatic carbocycles. The van der Waals surface area contributed by atoms with Crippen molar-refractivity contribution in [2.24, 2.45) is 0 Å². The van der Waals surface area contributed by atoms with Crippen LogP contribution in [0.25, 0.3) is 0 Å². The molecule has 88 valence electrons. The molecule has 0 saturated carbocycles. The Kier molecular flexibility index (Phi) is 3.93. The third-order valence-electron chi connectivity index (χ3n) is 1.84. The van der Waals surface area contributed by atoms with Crippen molar-refractivity contribution in [2.45, 2.75) is 6.92 Å². The lowest BCUT2D eigenvalue weighted by Crippen LogP contribution is -2.27. The molecule has 6 heteroatoms. The van der Waals surface area contributed by atoms with Gasteiger partial charge in [-0.2, -0.15) is 0 Å². The molecule has 0 aliphatic heterocycles. The van der Waals surface area contributed by atoms with E-state index in [-0.39, 0.29) is 12.5 Å². The summed E-state index contributed by atoms with van der Waals surface area (Å²) in [5.41, 5.74) is -0.592. The van der Waals surface area contributed by atoms with Crippen LogP contribution in [0.15, 0.2) is 21.3 Å². The van der Waals surface area contributed by atoms with Crippen LogP contribution < -0.4 is 15.3 Å². The van der Waals surface area contributed by atoms with E-state index in [1.807, 2.05) is 0 Å². The van der Waals surface area contributed by atoms with Crippen LogP contribution in [0.2, 0.25) is 0 Å². The van der Waals surface area contributed by atoms with E-state index in [0.717, 1.165) is 4.90 Å². The molecule has 0 aliphatic rings. The van der Waals surface area contributed by atoms with Crippen LogP contribution in [0.5, 0.6) is 5.75 Å². The molecule has 0 saturated heterocycles. The van der Waals surface area contributed by atoms with E-state index in [9.17, 15) is 9.59 Å². The smallest absolute Gasteiger partial charge is 0.416 e. The molecule has 0 aliphatic carbocycles. The van der Waals surface area contributed by atoms with Crippen molar-refractivity contribution < 1.29 is 18.7 Å². The van der Waals surface area contributed by atoms with Crippen LogP contribution in [-0.2, 0) is 4.74 Å². The van der Waals surface area contributed by atoms with Crippen LogP contribution in [0.3, 0.4) is 0 Å². The maximum atomic E-state index is 11.4. The summed E-state index contributed by atoms with van der Waals surface area (Å²) in [6, 6.07) is 2.61. The van der Waals surface area contributed by atoms with Crippen molar-refractivity contribution >= 4 is 12.0 Å². The Hall–Kier alpha value is -1.98. The van der Waals surface area contributed by atoms with Gasteiger partial charge in [0.05, 0.1) is 19.8 Å². The summed E-state index contributed by atoms with van der Waals surface area (Å²) in [5.74, 6) is 0.394. The Morgan fingerprint density at radius 3 is 2.75 bits per heavy atom. The highest BCUT2D eigenvalue weighted by Crippen LogP contribution is 2.17. The molecule has 16 heavy (non-hydrogen) atoms. The third kappa shape index (κ3) is 2.75. The molecular formula is C10H13NO5. The average molecular weight is 227 g/mol. The Labute approximate surface area is 92.4 Å². The summed E-state index contributed by atoms with van der Waals surface area (Å²) in [6.45, 7) is 1.94. The Bertz CT molecular complexity index is 425. The molecule has 0 atom stereocenters. The van der Waals surface area contributed by atoms with Gasteiger partial charge in [-0.1, -0.05) is 0 Å². The summed E-state index contributed by atoms with van der Waals surface area (Å²) >= 11 is 0. The molecule has 1 heterocycles. The van der Waals surface area contributed by atoms with E-state index in [4.69, 9.17) is 13.9 Å². The maximum Gasteiger partial charge on any atom is 0.416 e. The zero-order valence-electron chi connectivity index (χ0n) is 9.35. The molecule has 0 fully saturated rings. The fourth-order valence-electron chi connectivity index (χ4n) is 1.03. The van der Waals surface area contributed by atoms with Crippen LogP contribution >= 0.6 is 0 Å². The average Bonchev–Trinajstić information content (AvgIpc) is 2.27. The van der Waals surface area contributed by atoms with E-state index >= 15 is 0 Å². The number of rotatable bonds is 3. The van der Waals surface area contributed by atoms with Gasteiger partial charge >= 0.3 is 11.7 Å². The van der Waals surface area contributed by atoms with E-state index in [0.29, 0.717) is 5.75 Å².